The van der Waals surface area contributed by atoms with Crippen LogP contribution in [0.3, 0.4) is 0 Å². The third kappa shape index (κ3) is 5.87. The largest absolute Gasteiger partial charge is 0.369 e. The Morgan fingerprint density at radius 1 is 1.15 bits per heavy atom. The maximum atomic E-state index is 12.8. The van der Waals surface area contributed by atoms with E-state index in [-0.39, 0.29) is 5.91 Å². The average Bonchev–Trinajstić information content (AvgIpc) is 2.85. The van der Waals surface area contributed by atoms with Crippen LogP contribution in [0.2, 0.25) is 5.02 Å². The van der Waals surface area contributed by atoms with Crippen LogP contribution in [-0.2, 0) is 9.36 Å². The van der Waals surface area contributed by atoms with Gasteiger partial charge in [0.05, 0.1) is 23.3 Å². The van der Waals surface area contributed by atoms with E-state index >= 15 is 0 Å². The van der Waals surface area contributed by atoms with Crippen molar-refractivity contribution in [2.24, 2.45) is 5.41 Å². The molecule has 1 amide bonds. The lowest BCUT2D eigenvalue weighted by Crippen LogP contribution is -2.66. The third-order valence-corrected chi connectivity index (χ3v) is 9.47. The van der Waals surface area contributed by atoms with Crippen molar-refractivity contribution < 1.29 is 9.36 Å². The zero-order chi connectivity index (χ0) is 28.7. The molecule has 1 aliphatic carbocycles. The summed E-state index contributed by atoms with van der Waals surface area (Å²) in [5.41, 5.74) is 3.41. The predicted molar refractivity (Wildman–Crippen MR) is 166 cm³/mol. The monoisotopic (exact) mass is 579 g/mol. The summed E-state index contributed by atoms with van der Waals surface area (Å²) >= 11 is 6.41. The van der Waals surface area contributed by atoms with E-state index in [1.807, 2.05) is 42.5 Å². The van der Waals surface area contributed by atoms with Gasteiger partial charge in [-0.05, 0) is 76.7 Å². The van der Waals surface area contributed by atoms with E-state index in [9.17, 15) is 9.36 Å². The molecule has 1 aliphatic heterocycles. The molecule has 0 atom stereocenters. The summed E-state index contributed by atoms with van der Waals surface area (Å²) in [4.78, 5) is 25.8. The molecule has 3 aromatic rings. The van der Waals surface area contributed by atoms with Crippen LogP contribution < -0.4 is 26.2 Å². The van der Waals surface area contributed by atoms with E-state index in [0.29, 0.717) is 50.6 Å². The lowest BCUT2D eigenvalue weighted by atomic mass is 9.60. The van der Waals surface area contributed by atoms with Crippen molar-refractivity contribution in [2.75, 3.05) is 61.4 Å². The molecule has 2 heterocycles. The molecular weight excluding hydrogens is 545 g/mol. The zero-order valence-electron chi connectivity index (χ0n) is 23.2. The van der Waals surface area contributed by atoms with Crippen LogP contribution in [0.4, 0.5) is 34.5 Å². The molecule has 9 nitrogen and oxygen atoms in total. The van der Waals surface area contributed by atoms with Crippen molar-refractivity contribution in [2.45, 2.75) is 18.9 Å². The highest BCUT2D eigenvalue weighted by Gasteiger charge is 2.53. The molecule has 0 bridgehead atoms. The fraction of sp³-hybridized carbons (Fsp3) is 0.345. The molecule has 210 valence electrons. The molecule has 1 aromatic heterocycles. The molecule has 40 heavy (non-hydrogen) atoms. The van der Waals surface area contributed by atoms with Crippen LogP contribution in [0.1, 0.15) is 12.8 Å². The number of hydrogen-bond donors (Lipinski definition) is 3. The van der Waals surface area contributed by atoms with Crippen LogP contribution in [0.5, 0.6) is 0 Å². The third-order valence-electron chi connectivity index (χ3n) is 7.64. The van der Waals surface area contributed by atoms with Crippen LogP contribution >= 0.6 is 18.7 Å². The van der Waals surface area contributed by atoms with Crippen molar-refractivity contribution in [1.29, 1.82) is 0 Å². The van der Waals surface area contributed by atoms with Gasteiger partial charge in [-0.3, -0.25) is 4.79 Å². The number of rotatable bonds is 9. The summed E-state index contributed by atoms with van der Waals surface area (Å²) in [5, 5.41) is 10.4. The van der Waals surface area contributed by atoms with Gasteiger partial charge in [0.2, 0.25) is 11.9 Å². The fourth-order valence-electron chi connectivity index (χ4n) is 5.49. The van der Waals surface area contributed by atoms with Crippen LogP contribution in [-0.4, -0.2) is 67.3 Å². The van der Waals surface area contributed by atoms with E-state index in [4.69, 9.17) is 11.6 Å². The summed E-state index contributed by atoms with van der Waals surface area (Å²) in [6.07, 6.45) is 5.17. The number of anilines is 6. The van der Waals surface area contributed by atoms with E-state index < -0.39 is 7.14 Å². The van der Waals surface area contributed by atoms with Crippen molar-refractivity contribution in [3.63, 3.8) is 0 Å². The number of nitrogens with zero attached hydrogens (tertiary/aromatic N) is 4. The summed E-state index contributed by atoms with van der Waals surface area (Å²) in [7, 11) is 1.74. The predicted octanol–water partition coefficient (Wildman–Crippen LogP) is 5.52. The second-order valence-corrected chi connectivity index (χ2v) is 14.9. The first-order valence-electron chi connectivity index (χ1n) is 13.2. The van der Waals surface area contributed by atoms with Gasteiger partial charge in [0, 0.05) is 35.5 Å². The zero-order valence-corrected chi connectivity index (χ0v) is 24.9. The molecule has 3 N–H and O–H groups in total. The quantitative estimate of drug-likeness (QED) is 0.225. The molecular formula is C29H35ClN7O2P. The number of amides is 1. The normalized spacial score (nSPS) is 16.3. The number of hydrogen-bond acceptors (Lipinski definition) is 8. The van der Waals surface area contributed by atoms with Crippen molar-refractivity contribution in [3.8, 4) is 0 Å². The van der Waals surface area contributed by atoms with Crippen molar-refractivity contribution >= 4 is 64.5 Å². The van der Waals surface area contributed by atoms with Crippen LogP contribution in [0.25, 0.3) is 0 Å². The Hall–Kier alpha value is -3.39. The molecule has 2 aliphatic rings. The Morgan fingerprint density at radius 2 is 1.88 bits per heavy atom. The highest BCUT2D eigenvalue weighted by Crippen LogP contribution is 2.52. The first kappa shape index (κ1) is 28.1. The van der Waals surface area contributed by atoms with Crippen LogP contribution in [0, 0.1) is 5.41 Å². The minimum atomic E-state index is -2.53. The summed E-state index contributed by atoms with van der Waals surface area (Å²) in [6, 6.07) is 13.9. The molecule has 5 rings (SSSR count). The maximum Gasteiger partial charge on any atom is 0.247 e. The summed E-state index contributed by atoms with van der Waals surface area (Å²) in [6.45, 7) is 8.99. The number of carbonyl (C=O) groups excluding carboxylic acids is 1. The number of para-hydroxylation sites is 1. The van der Waals surface area contributed by atoms with Gasteiger partial charge in [-0.1, -0.05) is 30.3 Å². The second kappa shape index (κ2) is 10.9. The van der Waals surface area contributed by atoms with Crippen LogP contribution in [0.15, 0.2) is 61.3 Å². The minimum Gasteiger partial charge on any atom is -0.369 e. The van der Waals surface area contributed by atoms with Gasteiger partial charge in [0.1, 0.15) is 12.2 Å². The van der Waals surface area contributed by atoms with Crippen molar-refractivity contribution in [3.05, 3.63) is 66.3 Å². The van der Waals surface area contributed by atoms with Gasteiger partial charge in [0.15, 0.2) is 5.82 Å². The molecule has 0 radical (unpaired) electrons. The van der Waals surface area contributed by atoms with Gasteiger partial charge in [0.25, 0.3) is 0 Å². The summed E-state index contributed by atoms with van der Waals surface area (Å²) in [5.74, 6) is 0.433. The summed E-state index contributed by atoms with van der Waals surface area (Å²) < 4.78 is 12.8. The SMILES string of the molecule is C=CC(=O)Nc1cc(Nc2ncc(Cl)c(Nc3ccccc3P(C)(C)=O)n2)ccc1N1CC2(CC(N(C)C)C2)C1. The molecule has 2 fully saturated rings. The van der Waals surface area contributed by atoms with Crippen molar-refractivity contribution in [1.82, 2.24) is 14.9 Å². The smallest absolute Gasteiger partial charge is 0.247 e. The van der Waals surface area contributed by atoms with Gasteiger partial charge in [-0.25, -0.2) is 4.98 Å². The molecule has 1 spiro atoms. The van der Waals surface area contributed by atoms with E-state index in [1.54, 1.807) is 13.3 Å². The Kier molecular flexibility index (Phi) is 7.66. The Balaban J connectivity index is 1.35. The number of carbonyl (C=O) groups is 1. The fourth-order valence-corrected chi connectivity index (χ4v) is 6.79. The lowest BCUT2D eigenvalue weighted by molar-refractivity contribution is -0.111. The second-order valence-electron chi connectivity index (χ2n) is 11.3. The van der Waals surface area contributed by atoms with Gasteiger partial charge < -0.3 is 30.3 Å². The Labute approximate surface area is 240 Å². The van der Waals surface area contributed by atoms with Gasteiger partial charge in [-0.2, -0.15) is 4.98 Å². The molecule has 0 unspecified atom stereocenters. The van der Waals surface area contributed by atoms with E-state index in [0.717, 1.165) is 18.8 Å². The maximum absolute atomic E-state index is 12.8. The van der Waals surface area contributed by atoms with Gasteiger partial charge >= 0.3 is 0 Å². The highest BCUT2D eigenvalue weighted by atomic mass is 35.5. The van der Waals surface area contributed by atoms with E-state index in [2.05, 4.69) is 56.4 Å². The number of nitrogens with one attached hydrogen (secondary N) is 3. The molecule has 2 aromatic carbocycles. The highest BCUT2D eigenvalue weighted by molar-refractivity contribution is 7.70. The number of benzene rings is 2. The van der Waals surface area contributed by atoms with E-state index in [1.165, 1.54) is 25.1 Å². The number of aromatic nitrogens is 2. The first-order chi connectivity index (χ1) is 19.0. The standard InChI is InChI=1S/C29H35ClN7O2P/c1-6-26(38)33-23-13-19(11-12-24(23)37-17-29(18-37)14-20(15-29)36(2)3)32-28-31-16-21(30)27(35-28)34-22-9-7-8-10-25(22)40(4,5)39/h6-13,16,20H,1,14-15,17-18H2,2-5H3,(H,33,38)(H2,31,32,34,35). The Bertz CT molecular complexity index is 1490. The Morgan fingerprint density at radius 3 is 2.55 bits per heavy atom. The first-order valence-corrected chi connectivity index (χ1v) is 16.1. The molecule has 11 heteroatoms. The topological polar surface area (TPSA) is 102 Å². The average molecular weight is 580 g/mol. The molecule has 1 saturated carbocycles. The minimum absolute atomic E-state index is 0.276. The molecule has 1 saturated heterocycles. The lowest BCUT2D eigenvalue weighted by Gasteiger charge is -2.61. The number of halogens is 1. The van der Waals surface area contributed by atoms with Gasteiger partial charge in [-0.15, -0.1) is 0 Å².